The molecule has 3 aromatic rings. The maximum Gasteiger partial charge on any atom is 0.338 e. The Bertz CT molecular complexity index is 1030. The van der Waals surface area contributed by atoms with E-state index in [0.29, 0.717) is 29.2 Å². The molecular weight excluding hydrogens is 410 g/mol. The number of hydrogen-bond acceptors (Lipinski definition) is 6. The molecule has 0 aliphatic carbocycles. The van der Waals surface area contributed by atoms with Gasteiger partial charge >= 0.3 is 5.97 Å². The van der Waals surface area contributed by atoms with Crippen molar-refractivity contribution >= 4 is 17.6 Å². The van der Waals surface area contributed by atoms with E-state index >= 15 is 0 Å². The van der Waals surface area contributed by atoms with Crippen LogP contribution in [0.3, 0.4) is 0 Å². The monoisotopic (exact) mass is 435 g/mol. The Balaban J connectivity index is 1.42. The van der Waals surface area contributed by atoms with Crippen molar-refractivity contribution in [1.82, 2.24) is 0 Å². The fourth-order valence-corrected chi connectivity index (χ4v) is 2.87. The number of ether oxygens (including phenoxy) is 4. The van der Waals surface area contributed by atoms with E-state index in [0.717, 1.165) is 11.3 Å². The molecule has 7 heteroatoms. The minimum Gasteiger partial charge on any atom is -0.497 e. The van der Waals surface area contributed by atoms with Crippen molar-refractivity contribution in [3.63, 3.8) is 0 Å². The number of hydrogen-bond donors (Lipinski definition) is 1. The summed E-state index contributed by atoms with van der Waals surface area (Å²) in [7, 11) is 3.18. The number of rotatable bonds is 10. The molecule has 166 valence electrons. The lowest BCUT2D eigenvalue weighted by atomic mass is 10.1. The molecule has 0 unspecified atom stereocenters. The SMILES string of the molecule is COc1ccc(CCOC(=O)c2ccc(OCC(=O)Nc3cccc(OC)c3)cc2)cc1. The molecule has 1 amide bonds. The lowest BCUT2D eigenvalue weighted by Crippen LogP contribution is -2.20. The third-order valence-electron chi connectivity index (χ3n) is 4.60. The van der Waals surface area contributed by atoms with E-state index in [-0.39, 0.29) is 19.1 Å². The Hall–Kier alpha value is -4.00. The van der Waals surface area contributed by atoms with Gasteiger partial charge in [-0.15, -0.1) is 0 Å². The van der Waals surface area contributed by atoms with Gasteiger partial charge in [0.1, 0.15) is 17.2 Å². The maximum absolute atomic E-state index is 12.2. The van der Waals surface area contributed by atoms with Gasteiger partial charge in [-0.3, -0.25) is 4.79 Å². The number of nitrogens with one attached hydrogen (secondary N) is 1. The predicted molar refractivity (Wildman–Crippen MR) is 121 cm³/mol. The molecule has 3 rings (SSSR count). The molecule has 0 heterocycles. The molecule has 0 bridgehead atoms. The molecule has 3 aromatic carbocycles. The summed E-state index contributed by atoms with van der Waals surface area (Å²) in [6, 6.07) is 21.1. The second-order valence-corrected chi connectivity index (χ2v) is 6.83. The third kappa shape index (κ3) is 6.77. The van der Waals surface area contributed by atoms with E-state index in [4.69, 9.17) is 18.9 Å². The van der Waals surface area contributed by atoms with Gasteiger partial charge in [-0.1, -0.05) is 18.2 Å². The summed E-state index contributed by atoms with van der Waals surface area (Å²) >= 11 is 0. The van der Waals surface area contributed by atoms with Gasteiger partial charge in [0.05, 0.1) is 26.4 Å². The molecule has 32 heavy (non-hydrogen) atoms. The zero-order valence-electron chi connectivity index (χ0n) is 18.0. The van der Waals surface area contributed by atoms with Crippen molar-refractivity contribution in [2.75, 3.05) is 32.8 Å². The molecule has 0 aliphatic heterocycles. The zero-order valence-corrected chi connectivity index (χ0v) is 18.0. The van der Waals surface area contributed by atoms with Gasteiger partial charge in [0.25, 0.3) is 5.91 Å². The molecule has 0 saturated heterocycles. The smallest absolute Gasteiger partial charge is 0.338 e. The number of esters is 1. The fourth-order valence-electron chi connectivity index (χ4n) is 2.87. The van der Waals surface area contributed by atoms with Gasteiger partial charge in [-0.2, -0.15) is 0 Å². The summed E-state index contributed by atoms with van der Waals surface area (Å²) in [6.07, 6.45) is 0.610. The number of anilines is 1. The Morgan fingerprint density at radius 3 is 2.19 bits per heavy atom. The van der Waals surface area contributed by atoms with Gasteiger partial charge < -0.3 is 24.3 Å². The fraction of sp³-hybridized carbons (Fsp3) is 0.200. The van der Waals surface area contributed by atoms with E-state index in [9.17, 15) is 9.59 Å². The van der Waals surface area contributed by atoms with Gasteiger partial charge in [-0.25, -0.2) is 4.79 Å². The highest BCUT2D eigenvalue weighted by atomic mass is 16.5. The van der Waals surface area contributed by atoms with Gasteiger partial charge in [0.15, 0.2) is 6.61 Å². The third-order valence-corrected chi connectivity index (χ3v) is 4.60. The maximum atomic E-state index is 12.2. The lowest BCUT2D eigenvalue weighted by Gasteiger charge is -2.09. The number of carbonyl (C=O) groups excluding carboxylic acids is 2. The molecule has 0 fully saturated rings. The Morgan fingerprint density at radius 2 is 1.50 bits per heavy atom. The summed E-state index contributed by atoms with van der Waals surface area (Å²) in [5.74, 6) is 1.18. The van der Waals surface area contributed by atoms with E-state index in [1.807, 2.05) is 24.3 Å². The standard InChI is InChI=1S/C25H25NO6/c1-29-21-10-6-18(7-11-21)14-15-31-25(28)19-8-12-22(13-9-19)32-17-24(27)26-20-4-3-5-23(16-20)30-2/h3-13,16H,14-15,17H2,1-2H3,(H,26,27). The summed E-state index contributed by atoms with van der Waals surface area (Å²) in [5.41, 5.74) is 2.08. The Labute approximate surface area is 186 Å². The van der Waals surface area contributed by atoms with Crippen molar-refractivity contribution < 1.29 is 28.5 Å². The highest BCUT2D eigenvalue weighted by Gasteiger charge is 2.09. The van der Waals surface area contributed by atoms with Crippen molar-refractivity contribution in [3.8, 4) is 17.2 Å². The molecule has 1 N–H and O–H groups in total. The van der Waals surface area contributed by atoms with Crippen LogP contribution in [0.25, 0.3) is 0 Å². The van der Waals surface area contributed by atoms with Crippen LogP contribution in [0.15, 0.2) is 72.8 Å². The van der Waals surface area contributed by atoms with Crippen LogP contribution in [0.4, 0.5) is 5.69 Å². The number of methoxy groups -OCH3 is 2. The lowest BCUT2D eigenvalue weighted by molar-refractivity contribution is -0.118. The van der Waals surface area contributed by atoms with Crippen molar-refractivity contribution in [1.29, 1.82) is 0 Å². The second-order valence-electron chi connectivity index (χ2n) is 6.83. The molecule has 0 radical (unpaired) electrons. The average molecular weight is 435 g/mol. The topological polar surface area (TPSA) is 83.1 Å². The van der Waals surface area contributed by atoms with Crippen LogP contribution in [0.2, 0.25) is 0 Å². The number of benzene rings is 3. The Kier molecular flexibility index (Phi) is 8.09. The highest BCUT2D eigenvalue weighted by Crippen LogP contribution is 2.17. The summed E-state index contributed by atoms with van der Waals surface area (Å²) in [6.45, 7) is 0.108. The first-order chi connectivity index (χ1) is 15.6. The Morgan fingerprint density at radius 1 is 0.812 bits per heavy atom. The van der Waals surface area contributed by atoms with Crippen molar-refractivity contribution in [2.24, 2.45) is 0 Å². The number of carbonyl (C=O) groups is 2. The first kappa shape index (κ1) is 22.7. The van der Waals surface area contributed by atoms with Crippen LogP contribution >= 0.6 is 0 Å². The summed E-state index contributed by atoms with van der Waals surface area (Å²) < 4.78 is 21.1. The second kappa shape index (κ2) is 11.4. The molecule has 0 spiro atoms. The van der Waals surface area contributed by atoms with Crippen LogP contribution in [0, 0.1) is 0 Å². The van der Waals surface area contributed by atoms with Crippen LogP contribution in [-0.2, 0) is 16.0 Å². The predicted octanol–water partition coefficient (Wildman–Crippen LogP) is 4.12. The van der Waals surface area contributed by atoms with Crippen LogP contribution in [0.5, 0.6) is 17.2 Å². The minimum absolute atomic E-state index is 0.164. The van der Waals surface area contributed by atoms with E-state index in [1.165, 1.54) is 0 Å². The van der Waals surface area contributed by atoms with Crippen molar-refractivity contribution in [3.05, 3.63) is 83.9 Å². The first-order valence-electron chi connectivity index (χ1n) is 10.0. The minimum atomic E-state index is -0.416. The molecule has 0 saturated carbocycles. The van der Waals surface area contributed by atoms with E-state index in [2.05, 4.69) is 5.32 Å². The summed E-state index contributed by atoms with van der Waals surface area (Å²) in [4.78, 5) is 24.3. The van der Waals surface area contributed by atoms with Gasteiger partial charge in [-0.05, 0) is 54.1 Å². The van der Waals surface area contributed by atoms with Crippen LogP contribution < -0.4 is 19.5 Å². The van der Waals surface area contributed by atoms with Gasteiger partial charge in [0, 0.05) is 18.2 Å². The molecule has 0 aliphatic rings. The largest absolute Gasteiger partial charge is 0.497 e. The first-order valence-corrected chi connectivity index (χ1v) is 10.0. The molecule has 0 atom stereocenters. The van der Waals surface area contributed by atoms with E-state index < -0.39 is 5.97 Å². The quantitative estimate of drug-likeness (QED) is 0.483. The number of amides is 1. The van der Waals surface area contributed by atoms with E-state index in [1.54, 1.807) is 62.8 Å². The highest BCUT2D eigenvalue weighted by molar-refractivity contribution is 5.92. The molecular formula is C25H25NO6. The van der Waals surface area contributed by atoms with Crippen LogP contribution in [-0.4, -0.2) is 39.3 Å². The van der Waals surface area contributed by atoms with Crippen molar-refractivity contribution in [2.45, 2.75) is 6.42 Å². The van der Waals surface area contributed by atoms with Crippen LogP contribution in [0.1, 0.15) is 15.9 Å². The normalized spacial score (nSPS) is 10.2. The van der Waals surface area contributed by atoms with Gasteiger partial charge in [0.2, 0.25) is 0 Å². The average Bonchev–Trinajstić information content (AvgIpc) is 2.83. The summed E-state index contributed by atoms with van der Waals surface area (Å²) in [5, 5.41) is 2.73. The molecule has 0 aromatic heterocycles. The molecule has 7 nitrogen and oxygen atoms in total. The zero-order chi connectivity index (χ0) is 22.8.